The number of nitrogens with one attached hydrogen (secondary N) is 1. The van der Waals surface area contributed by atoms with Gasteiger partial charge in [-0.3, -0.25) is 0 Å². The van der Waals surface area contributed by atoms with Crippen LogP contribution in [0.5, 0.6) is 0 Å². The van der Waals surface area contributed by atoms with Gasteiger partial charge in [0.15, 0.2) is 0 Å². The topological polar surface area (TPSA) is 118 Å². The molecule has 0 aliphatic rings. The molecule has 0 aliphatic heterocycles. The van der Waals surface area contributed by atoms with Gasteiger partial charge in [-0.05, 0) is 251 Å². The molecule has 1 N–H and O–H groups in total. The molecule has 0 atom stereocenters. The molecule has 87 heavy (non-hydrogen) atoms. The fourth-order valence-corrected chi connectivity index (χ4v) is 12.5. The van der Waals surface area contributed by atoms with Gasteiger partial charge in [-0.2, -0.15) is 0 Å². The van der Waals surface area contributed by atoms with Crippen LogP contribution in [0, 0.1) is 139 Å². The van der Waals surface area contributed by atoms with Crippen molar-refractivity contribution in [1.82, 2.24) is 29.9 Å². The van der Waals surface area contributed by atoms with Crippen LogP contribution in [-0.2, 0) is 25.8 Å². The third-order valence-corrected chi connectivity index (χ3v) is 15.2. The Morgan fingerprint density at radius 1 is 0.276 bits per heavy atom. The van der Waals surface area contributed by atoms with Gasteiger partial charge in [0.25, 0.3) is 0 Å². The quantitative estimate of drug-likeness (QED) is 0.0802. The summed E-state index contributed by atoms with van der Waals surface area (Å²) in [5, 5.41) is 12.7. The number of aryl methyl sites for hydroxylation is 18. The maximum atomic E-state index is 4.87. The summed E-state index contributed by atoms with van der Waals surface area (Å²) in [7, 11) is 0. The van der Waals surface area contributed by atoms with Gasteiger partial charge < -0.3 is 50.7 Å². The second-order valence-electron chi connectivity index (χ2n) is 23.7. The molecule has 454 valence electrons. The average Bonchev–Trinajstić information content (AvgIpc) is 1.24. The molecule has 0 unspecified atom stereocenters. The summed E-state index contributed by atoms with van der Waals surface area (Å²) in [4.78, 5) is 29.0. The van der Waals surface area contributed by atoms with Crippen molar-refractivity contribution in [3.05, 3.63) is 217 Å². The van der Waals surface area contributed by atoms with Crippen molar-refractivity contribution in [2.24, 2.45) is 0 Å². The first-order valence-corrected chi connectivity index (χ1v) is 30.1. The molecular weight excluding hydrogens is 1230 g/mol. The van der Waals surface area contributed by atoms with Crippen LogP contribution in [-0.4, -0.2) is 49.5 Å². The Balaban J connectivity index is 0.000000275. The van der Waals surface area contributed by atoms with Gasteiger partial charge in [0.05, 0.1) is 11.4 Å². The normalized spacial score (nSPS) is 10.6. The zero-order valence-electron chi connectivity index (χ0n) is 57.0. The second kappa shape index (κ2) is 32.2. The van der Waals surface area contributed by atoms with Crippen molar-refractivity contribution >= 4 is 17.8 Å². The minimum absolute atomic E-state index is 0. The largest absolute Gasteiger partial charge is 4.00 e. The molecule has 9 nitrogen and oxygen atoms in total. The van der Waals surface area contributed by atoms with Gasteiger partial charge in [-0.1, -0.05) is 140 Å². The first-order valence-electron chi connectivity index (χ1n) is 30.1. The van der Waals surface area contributed by atoms with Crippen LogP contribution < -0.4 is 5.32 Å². The fraction of sp³-hybridized carbons (Fsp3) is 0.351. The number of benzene rings is 6. The Labute approximate surface area is 543 Å². The summed E-state index contributed by atoms with van der Waals surface area (Å²) < 4.78 is 0. The van der Waals surface area contributed by atoms with Crippen molar-refractivity contribution in [2.75, 3.05) is 25.0 Å². The summed E-state index contributed by atoms with van der Waals surface area (Å²) >= 11 is 0. The maximum Gasteiger partial charge on any atom is 4.00 e. The van der Waals surface area contributed by atoms with Gasteiger partial charge in [0, 0.05) is 52.3 Å². The fourth-order valence-electron chi connectivity index (χ4n) is 12.5. The van der Waals surface area contributed by atoms with E-state index in [9.17, 15) is 0 Å². The molecule has 0 fully saturated rings. The molecule has 3 aromatic heterocycles. The van der Waals surface area contributed by atoms with E-state index in [1.165, 1.54) is 134 Å². The van der Waals surface area contributed by atoms with Crippen LogP contribution in [0.15, 0.2) is 91.0 Å². The maximum absolute atomic E-state index is 4.87. The van der Waals surface area contributed by atoms with Crippen molar-refractivity contribution in [3.8, 4) is 67.5 Å². The molecule has 10 heteroatoms. The van der Waals surface area contributed by atoms with E-state index in [1.807, 2.05) is 0 Å². The molecule has 0 bridgehead atoms. The molecule has 9 aromatic rings. The van der Waals surface area contributed by atoms with E-state index in [0.717, 1.165) is 73.1 Å². The first kappa shape index (κ1) is 72.3. The SMILES string of the molecule is CCCNc1nc(-c2c(C)cc(C)cc2C)cc(-c2c(C)cc(C)cc2C)n1.CCC[N-]c1nc(-c2c(C)cc(C)cc2C)cc(-c2c(C)cc(C)cc2C)n1.CCC[N-]c1nc(-c2c(C)cc(C)cc2C)cc(-c2c(C)cc(C)cc2C)n1.[CH3-].[CH3-].[Hf+4]. The minimum Gasteiger partial charge on any atom is -0.393 e. The van der Waals surface area contributed by atoms with E-state index in [4.69, 9.17) is 29.9 Å². The summed E-state index contributed by atoms with van der Waals surface area (Å²) in [6.45, 7) is 47.5. The number of hydrogen-bond donors (Lipinski definition) is 1. The van der Waals surface area contributed by atoms with E-state index >= 15 is 0 Å². The molecule has 6 aromatic carbocycles. The third-order valence-electron chi connectivity index (χ3n) is 15.2. The Hall–Kier alpha value is -7.17. The predicted molar refractivity (Wildman–Crippen MR) is 372 cm³/mol. The number of aromatic nitrogens is 6. The van der Waals surface area contributed by atoms with Crippen LogP contribution in [0.3, 0.4) is 0 Å². The Morgan fingerprint density at radius 2 is 0.460 bits per heavy atom. The Bertz CT molecular complexity index is 3090. The van der Waals surface area contributed by atoms with Crippen molar-refractivity contribution in [3.63, 3.8) is 0 Å². The standard InChI is InChI=1S/C25H31N3.2C25H30N3.2CH3.Hf/c3*1-8-9-26-25-27-21(23-17(4)10-15(2)11-18(23)5)14-22(28-25)24-19(6)12-16(3)13-20(24)7;;;/h10-14H,8-9H2,1-7H3,(H,26,27,28);2*10-14H,8-9H2,1-7H3;2*1H3;/q;4*-1;+4. The summed E-state index contributed by atoms with van der Waals surface area (Å²) in [5.41, 5.74) is 35.5. The molecule has 0 amide bonds. The summed E-state index contributed by atoms with van der Waals surface area (Å²) in [6, 6.07) is 33.0. The molecule has 0 saturated carbocycles. The van der Waals surface area contributed by atoms with Crippen molar-refractivity contribution in [1.29, 1.82) is 0 Å². The Morgan fingerprint density at radius 3 is 0.632 bits per heavy atom. The summed E-state index contributed by atoms with van der Waals surface area (Å²) in [6.07, 6.45) is 3.00. The monoisotopic (exact) mass is 1330 g/mol. The molecule has 0 aliphatic carbocycles. The van der Waals surface area contributed by atoms with Crippen molar-refractivity contribution in [2.45, 2.75) is 165 Å². The van der Waals surface area contributed by atoms with Crippen LogP contribution in [0.4, 0.5) is 17.8 Å². The molecule has 9 rings (SSSR count). The van der Waals surface area contributed by atoms with Gasteiger partial charge in [-0.15, -0.1) is 0 Å². The van der Waals surface area contributed by atoms with Gasteiger partial charge in [0.1, 0.15) is 0 Å². The molecule has 0 spiro atoms. The van der Waals surface area contributed by atoms with Gasteiger partial charge in [0.2, 0.25) is 5.95 Å². The first-order chi connectivity index (χ1) is 39.9. The van der Waals surface area contributed by atoms with Crippen LogP contribution in [0.25, 0.3) is 78.2 Å². The third kappa shape index (κ3) is 18.0. The smallest absolute Gasteiger partial charge is 0.393 e. The zero-order valence-corrected chi connectivity index (χ0v) is 60.6. The van der Waals surface area contributed by atoms with Gasteiger partial charge >= 0.3 is 25.8 Å². The van der Waals surface area contributed by atoms with Crippen LogP contribution in [0.2, 0.25) is 0 Å². The van der Waals surface area contributed by atoms with E-state index in [2.05, 4.69) is 252 Å². The molecule has 3 heterocycles. The van der Waals surface area contributed by atoms with E-state index < -0.39 is 0 Å². The predicted octanol–water partition coefficient (Wildman–Crippen LogP) is 21.5. The number of hydrogen-bond acceptors (Lipinski definition) is 7. The molecular formula is C77H97HfN9. The number of rotatable bonds is 15. The van der Waals surface area contributed by atoms with E-state index in [1.54, 1.807) is 0 Å². The van der Waals surface area contributed by atoms with Gasteiger partial charge in [-0.25, -0.2) is 9.97 Å². The van der Waals surface area contributed by atoms with Crippen molar-refractivity contribution < 1.29 is 25.8 Å². The van der Waals surface area contributed by atoms with Crippen LogP contribution in [0.1, 0.15) is 140 Å². The Kier molecular flexibility index (Phi) is 26.7. The number of anilines is 1. The molecule has 0 saturated heterocycles. The second-order valence-corrected chi connectivity index (χ2v) is 23.7. The average molecular weight is 1330 g/mol. The summed E-state index contributed by atoms with van der Waals surface area (Å²) in [5.74, 6) is 1.86. The minimum atomic E-state index is 0. The van der Waals surface area contributed by atoms with Crippen LogP contribution >= 0.6 is 0 Å². The van der Waals surface area contributed by atoms with E-state index in [0.29, 0.717) is 17.8 Å². The number of nitrogens with zero attached hydrogens (tertiary/aromatic N) is 8. The van der Waals surface area contributed by atoms with E-state index in [-0.39, 0.29) is 40.7 Å². The zero-order chi connectivity index (χ0) is 61.3. The molecule has 0 radical (unpaired) electrons.